The summed E-state index contributed by atoms with van der Waals surface area (Å²) in [5, 5.41) is 4.91. The second-order valence-corrected chi connectivity index (χ2v) is 21.7. The van der Waals surface area contributed by atoms with Gasteiger partial charge in [-0.15, -0.1) is 0 Å². The smallest absolute Gasteiger partial charge is 0.239 e. The number of benzene rings is 12. The zero-order valence-corrected chi connectivity index (χ0v) is 44.5. The van der Waals surface area contributed by atoms with Crippen LogP contribution in [0.3, 0.4) is 0 Å². The highest BCUT2D eigenvalue weighted by molar-refractivity contribution is 5.99. The molecular weight excluding hydrogens is 973 g/mol. The minimum absolute atomic E-state index is 0.239. The van der Waals surface area contributed by atoms with Crippen LogP contribution in [0.2, 0.25) is 0 Å². The van der Waals surface area contributed by atoms with Gasteiger partial charge in [-0.05, 0) is 173 Å². The average molecular weight is 1030 g/mol. The summed E-state index contributed by atoms with van der Waals surface area (Å²) >= 11 is 0. The quantitative estimate of drug-likeness (QED) is 0.152. The molecule has 12 aromatic carbocycles. The minimum Gasteiger partial charge on any atom is -0.453 e. The van der Waals surface area contributed by atoms with Gasteiger partial charge in [-0.25, -0.2) is 4.98 Å². The minimum atomic E-state index is -0.239. The Morgan fingerprint density at radius 3 is 1.41 bits per heavy atom. The lowest BCUT2D eigenvalue weighted by Crippen LogP contribution is -2.21. The molecule has 0 unspecified atom stereocenters. The highest BCUT2D eigenvalue weighted by Crippen LogP contribution is 2.57. The second kappa shape index (κ2) is 18.8. The van der Waals surface area contributed by atoms with E-state index in [1.54, 1.807) is 0 Å². The first-order valence-corrected chi connectivity index (χ1v) is 27.4. The van der Waals surface area contributed by atoms with Gasteiger partial charge < -0.3 is 4.74 Å². The summed E-state index contributed by atoms with van der Waals surface area (Å²) in [5.74, 6) is 3.13. The van der Waals surface area contributed by atoms with Crippen molar-refractivity contribution < 1.29 is 4.74 Å². The third kappa shape index (κ3) is 8.05. The van der Waals surface area contributed by atoms with Crippen LogP contribution in [0.25, 0.3) is 111 Å². The van der Waals surface area contributed by atoms with Crippen LogP contribution in [-0.4, -0.2) is 15.0 Å². The van der Waals surface area contributed by atoms with E-state index in [1.165, 1.54) is 66.1 Å². The largest absolute Gasteiger partial charge is 0.453 e. The summed E-state index contributed by atoms with van der Waals surface area (Å²) in [6.45, 7) is 6.72. The van der Waals surface area contributed by atoms with E-state index < -0.39 is 0 Å². The first-order valence-electron chi connectivity index (χ1n) is 27.4. The number of para-hydroxylation sites is 2. The zero-order valence-electron chi connectivity index (χ0n) is 44.5. The maximum atomic E-state index is 6.81. The predicted molar refractivity (Wildman–Crippen MR) is 330 cm³/mol. The molecule has 0 bridgehead atoms. The third-order valence-electron chi connectivity index (χ3n) is 16.3. The standard InChI is InChI=1S/C75H52N4O/c1-47-18-12-28-55(38-47)72-76-73(78-74(77-72)79-68-36-10-11-37-70(68)80-71-45-65-64-32-8-9-35-66(64)75(2,3)67(65)46-69(71)79)56-29-15-25-52(41-56)59-43-57(50-23-13-26-53(39-50)62-33-16-21-48-19-4-6-30-60(48)62)42-58(44-59)51-24-14-27-54(40-51)63-34-17-22-49-20-5-7-31-61(49)63/h4-46H,1-3H3. The lowest BCUT2D eigenvalue weighted by atomic mass is 9.82. The number of hydrogen-bond donors (Lipinski definition) is 0. The van der Waals surface area contributed by atoms with Crippen molar-refractivity contribution in [3.05, 3.63) is 278 Å². The van der Waals surface area contributed by atoms with Crippen LogP contribution in [0, 0.1) is 6.92 Å². The topological polar surface area (TPSA) is 51.1 Å². The van der Waals surface area contributed by atoms with Gasteiger partial charge in [-0.3, -0.25) is 4.90 Å². The summed E-state index contributed by atoms with van der Waals surface area (Å²) in [5.41, 5.74) is 20.7. The van der Waals surface area contributed by atoms with Gasteiger partial charge in [0, 0.05) is 16.5 Å². The van der Waals surface area contributed by atoms with E-state index in [2.05, 4.69) is 268 Å². The number of fused-ring (bicyclic) bond motifs is 7. The predicted octanol–water partition coefficient (Wildman–Crippen LogP) is 20.0. The lowest BCUT2D eigenvalue weighted by Gasteiger charge is -2.33. The molecule has 0 fully saturated rings. The number of aryl methyl sites for hydroxylation is 1. The molecule has 0 saturated carbocycles. The summed E-state index contributed by atoms with van der Waals surface area (Å²) in [6.07, 6.45) is 0. The number of nitrogens with zero attached hydrogens (tertiary/aromatic N) is 4. The van der Waals surface area contributed by atoms with Crippen molar-refractivity contribution in [3.63, 3.8) is 0 Å². The molecule has 15 rings (SSSR count). The highest BCUT2D eigenvalue weighted by atomic mass is 16.5. The van der Waals surface area contributed by atoms with E-state index in [9.17, 15) is 0 Å². The van der Waals surface area contributed by atoms with Crippen LogP contribution in [-0.2, 0) is 5.41 Å². The molecule has 5 nitrogen and oxygen atoms in total. The van der Waals surface area contributed by atoms with Crippen LogP contribution in [0.4, 0.5) is 17.3 Å². The van der Waals surface area contributed by atoms with Crippen molar-refractivity contribution in [3.8, 4) is 101 Å². The zero-order chi connectivity index (χ0) is 53.5. The number of ether oxygens (including phenoxy) is 1. The number of aromatic nitrogens is 3. The Morgan fingerprint density at radius 1 is 0.325 bits per heavy atom. The molecule has 0 saturated heterocycles. The van der Waals surface area contributed by atoms with Gasteiger partial charge in [-0.1, -0.05) is 214 Å². The summed E-state index contributed by atoms with van der Waals surface area (Å²) in [7, 11) is 0. The molecule has 1 aliphatic carbocycles. The number of anilines is 3. The lowest BCUT2D eigenvalue weighted by molar-refractivity contribution is 0.476. The van der Waals surface area contributed by atoms with Crippen molar-refractivity contribution >= 4 is 38.9 Å². The van der Waals surface area contributed by atoms with E-state index in [-0.39, 0.29) is 5.41 Å². The summed E-state index contributed by atoms with van der Waals surface area (Å²) in [4.78, 5) is 18.3. The van der Waals surface area contributed by atoms with E-state index in [0.29, 0.717) is 17.6 Å². The van der Waals surface area contributed by atoms with Crippen LogP contribution in [0.1, 0.15) is 30.5 Å². The average Bonchev–Trinajstić information content (AvgIpc) is 3.98. The highest BCUT2D eigenvalue weighted by Gasteiger charge is 2.39. The van der Waals surface area contributed by atoms with Crippen molar-refractivity contribution in [1.29, 1.82) is 0 Å². The molecule has 5 heteroatoms. The van der Waals surface area contributed by atoms with Gasteiger partial charge in [-0.2, -0.15) is 9.97 Å². The fourth-order valence-corrected chi connectivity index (χ4v) is 12.3. The Bertz CT molecular complexity index is 4500. The van der Waals surface area contributed by atoms with Crippen LogP contribution < -0.4 is 9.64 Å². The van der Waals surface area contributed by atoms with Crippen LogP contribution in [0.15, 0.2) is 261 Å². The monoisotopic (exact) mass is 1020 g/mol. The Morgan fingerprint density at radius 2 is 0.787 bits per heavy atom. The molecule has 0 N–H and O–H groups in total. The van der Waals surface area contributed by atoms with Gasteiger partial charge in [0.2, 0.25) is 5.95 Å². The molecular formula is C75H52N4O. The third-order valence-corrected chi connectivity index (χ3v) is 16.3. The van der Waals surface area contributed by atoms with E-state index >= 15 is 0 Å². The van der Waals surface area contributed by atoms with Crippen molar-refractivity contribution in [1.82, 2.24) is 15.0 Å². The Balaban J connectivity index is 0.897. The first kappa shape index (κ1) is 47.0. The number of rotatable bonds is 8. The van der Waals surface area contributed by atoms with E-state index in [1.807, 2.05) is 18.2 Å². The van der Waals surface area contributed by atoms with Gasteiger partial charge in [0.1, 0.15) is 0 Å². The summed E-state index contributed by atoms with van der Waals surface area (Å²) in [6, 6.07) is 93.8. The van der Waals surface area contributed by atoms with Crippen LogP contribution >= 0.6 is 0 Å². The second-order valence-electron chi connectivity index (χ2n) is 21.7. The summed E-state index contributed by atoms with van der Waals surface area (Å²) < 4.78 is 6.81. The van der Waals surface area contributed by atoms with Crippen molar-refractivity contribution in [2.45, 2.75) is 26.2 Å². The van der Waals surface area contributed by atoms with Crippen LogP contribution in [0.5, 0.6) is 11.5 Å². The van der Waals surface area contributed by atoms with E-state index in [0.717, 1.165) is 72.9 Å². The van der Waals surface area contributed by atoms with Crippen molar-refractivity contribution in [2.75, 3.05) is 4.90 Å². The fourth-order valence-electron chi connectivity index (χ4n) is 12.3. The molecule has 378 valence electrons. The van der Waals surface area contributed by atoms with Gasteiger partial charge in [0.25, 0.3) is 0 Å². The molecule has 80 heavy (non-hydrogen) atoms. The van der Waals surface area contributed by atoms with E-state index in [4.69, 9.17) is 19.7 Å². The van der Waals surface area contributed by atoms with Gasteiger partial charge in [0.05, 0.1) is 11.4 Å². The first-order chi connectivity index (χ1) is 39.3. The normalized spacial score (nSPS) is 12.9. The Kier molecular flexibility index (Phi) is 11.0. The molecule has 0 spiro atoms. The molecule has 1 aliphatic heterocycles. The number of hydrogen-bond acceptors (Lipinski definition) is 5. The van der Waals surface area contributed by atoms with Gasteiger partial charge in [0.15, 0.2) is 23.1 Å². The SMILES string of the molecule is Cc1cccc(-c2nc(-c3cccc(-c4cc(-c5cccc(-c6cccc7ccccc67)c5)cc(-c5cccc(-c6cccc7ccccc67)c5)c4)c3)nc(N3c4ccccc4Oc4cc5c(cc43)C(C)(C)c3ccccc3-5)n2)c1. The molecule has 13 aromatic rings. The van der Waals surface area contributed by atoms with Crippen molar-refractivity contribution in [2.24, 2.45) is 0 Å². The molecule has 0 amide bonds. The maximum absolute atomic E-state index is 6.81. The molecule has 1 aromatic heterocycles. The Labute approximate surface area is 465 Å². The molecule has 2 heterocycles. The molecule has 0 atom stereocenters. The van der Waals surface area contributed by atoms with Gasteiger partial charge >= 0.3 is 0 Å². The molecule has 0 radical (unpaired) electrons. The Hall–Kier alpha value is -10.2. The fraction of sp³-hybridized carbons (Fsp3) is 0.0533. The maximum Gasteiger partial charge on any atom is 0.239 e. The molecule has 2 aliphatic rings.